The summed E-state index contributed by atoms with van der Waals surface area (Å²) < 4.78 is 0. The standard InChI is InChI=1S/C16H14N2/c17-12-18-11-15-7-2-1-5-13(15)9-10-14-6-3-4-8-16(14)18/h1-8H,9-11H2. The molecule has 0 aromatic heterocycles. The molecule has 2 aromatic carbocycles. The van der Waals surface area contributed by atoms with Gasteiger partial charge in [0, 0.05) is 0 Å². The molecule has 1 heterocycles. The number of para-hydroxylation sites is 1. The molecule has 1 aliphatic rings. The van der Waals surface area contributed by atoms with E-state index >= 15 is 0 Å². The highest BCUT2D eigenvalue weighted by atomic mass is 15.1. The van der Waals surface area contributed by atoms with Crippen LogP contribution in [-0.4, -0.2) is 0 Å². The molecular weight excluding hydrogens is 220 g/mol. The normalized spacial score (nSPS) is 13.8. The van der Waals surface area contributed by atoms with E-state index < -0.39 is 0 Å². The Morgan fingerprint density at radius 1 is 0.833 bits per heavy atom. The fourth-order valence-corrected chi connectivity index (χ4v) is 2.56. The minimum absolute atomic E-state index is 0.670. The molecule has 0 saturated carbocycles. The Bertz CT molecular complexity index is 610. The third kappa shape index (κ3) is 1.84. The van der Waals surface area contributed by atoms with Crippen LogP contribution in [0, 0.1) is 11.5 Å². The Morgan fingerprint density at radius 3 is 2.22 bits per heavy atom. The fourth-order valence-electron chi connectivity index (χ4n) is 2.56. The lowest BCUT2D eigenvalue weighted by Gasteiger charge is -2.23. The summed E-state index contributed by atoms with van der Waals surface area (Å²) in [5.41, 5.74) is 4.92. The van der Waals surface area contributed by atoms with Gasteiger partial charge in [-0.1, -0.05) is 42.5 Å². The Hall–Kier alpha value is -2.27. The van der Waals surface area contributed by atoms with Gasteiger partial charge < -0.3 is 0 Å². The Kier molecular flexibility index (Phi) is 2.74. The topological polar surface area (TPSA) is 27.0 Å². The lowest BCUT2D eigenvalue weighted by Crippen LogP contribution is -2.20. The predicted molar refractivity (Wildman–Crippen MR) is 72.1 cm³/mol. The summed E-state index contributed by atoms with van der Waals surface area (Å²) in [5, 5.41) is 9.36. The molecule has 0 amide bonds. The van der Waals surface area contributed by atoms with Gasteiger partial charge in [0.05, 0.1) is 12.2 Å². The SMILES string of the molecule is N#CN1Cc2ccccc2CCc2ccccc21. The van der Waals surface area contributed by atoms with Crippen LogP contribution in [0.2, 0.25) is 0 Å². The van der Waals surface area contributed by atoms with Crippen LogP contribution < -0.4 is 4.90 Å². The number of anilines is 1. The highest BCUT2D eigenvalue weighted by molar-refractivity contribution is 5.58. The number of nitriles is 1. The minimum atomic E-state index is 0.670. The van der Waals surface area contributed by atoms with E-state index in [1.165, 1.54) is 16.7 Å². The van der Waals surface area contributed by atoms with Crippen molar-refractivity contribution in [2.45, 2.75) is 19.4 Å². The van der Waals surface area contributed by atoms with Crippen molar-refractivity contribution < 1.29 is 0 Å². The van der Waals surface area contributed by atoms with Gasteiger partial charge in [-0.05, 0) is 35.6 Å². The molecular formula is C16H14N2. The van der Waals surface area contributed by atoms with Crippen molar-refractivity contribution in [2.75, 3.05) is 4.90 Å². The molecule has 0 spiro atoms. The van der Waals surface area contributed by atoms with Crippen molar-refractivity contribution in [1.29, 1.82) is 5.26 Å². The van der Waals surface area contributed by atoms with Gasteiger partial charge in [0.15, 0.2) is 6.19 Å². The Balaban J connectivity index is 2.08. The van der Waals surface area contributed by atoms with Gasteiger partial charge in [0.1, 0.15) is 0 Å². The minimum Gasteiger partial charge on any atom is -0.275 e. The molecule has 2 heteroatoms. The second-order valence-corrected chi connectivity index (χ2v) is 4.58. The number of hydrogen-bond donors (Lipinski definition) is 0. The van der Waals surface area contributed by atoms with E-state index in [9.17, 15) is 5.26 Å². The largest absolute Gasteiger partial charge is 0.275 e. The van der Waals surface area contributed by atoms with Gasteiger partial charge in [-0.2, -0.15) is 5.26 Å². The van der Waals surface area contributed by atoms with Crippen LogP contribution in [0.1, 0.15) is 16.7 Å². The lowest BCUT2D eigenvalue weighted by atomic mass is 9.96. The summed E-state index contributed by atoms with van der Waals surface area (Å²) in [7, 11) is 0. The third-order valence-corrected chi connectivity index (χ3v) is 3.51. The first-order chi connectivity index (χ1) is 8.88. The van der Waals surface area contributed by atoms with Gasteiger partial charge in [-0.15, -0.1) is 0 Å². The van der Waals surface area contributed by atoms with E-state index in [4.69, 9.17) is 0 Å². The van der Waals surface area contributed by atoms with Crippen LogP contribution in [0.4, 0.5) is 5.69 Å². The van der Waals surface area contributed by atoms with E-state index in [1.54, 1.807) is 4.90 Å². The second kappa shape index (κ2) is 4.54. The van der Waals surface area contributed by atoms with Crippen LogP contribution in [0.3, 0.4) is 0 Å². The van der Waals surface area contributed by atoms with Crippen molar-refractivity contribution in [3.8, 4) is 6.19 Å². The van der Waals surface area contributed by atoms with Gasteiger partial charge in [0.25, 0.3) is 0 Å². The second-order valence-electron chi connectivity index (χ2n) is 4.58. The molecule has 2 nitrogen and oxygen atoms in total. The lowest BCUT2D eigenvalue weighted by molar-refractivity contribution is 0.863. The van der Waals surface area contributed by atoms with Crippen LogP contribution in [0.5, 0.6) is 0 Å². The molecule has 3 rings (SSSR count). The molecule has 1 aliphatic heterocycles. The zero-order chi connectivity index (χ0) is 12.4. The summed E-state index contributed by atoms with van der Waals surface area (Å²) in [6.07, 6.45) is 4.34. The first-order valence-corrected chi connectivity index (χ1v) is 6.20. The first kappa shape index (κ1) is 10.9. The third-order valence-electron chi connectivity index (χ3n) is 3.51. The summed E-state index contributed by atoms with van der Waals surface area (Å²) in [6, 6.07) is 16.6. The average Bonchev–Trinajstić information content (AvgIpc) is 2.41. The molecule has 88 valence electrons. The molecule has 0 atom stereocenters. The number of benzene rings is 2. The van der Waals surface area contributed by atoms with Gasteiger partial charge in [-0.3, -0.25) is 4.90 Å². The highest BCUT2D eigenvalue weighted by Crippen LogP contribution is 2.27. The fraction of sp³-hybridized carbons (Fsp3) is 0.188. The van der Waals surface area contributed by atoms with Crippen molar-refractivity contribution >= 4 is 5.69 Å². The van der Waals surface area contributed by atoms with Crippen molar-refractivity contribution in [3.05, 3.63) is 65.2 Å². The number of hydrogen-bond acceptors (Lipinski definition) is 2. The molecule has 0 N–H and O–H groups in total. The first-order valence-electron chi connectivity index (χ1n) is 6.20. The van der Waals surface area contributed by atoms with Gasteiger partial charge in [0.2, 0.25) is 0 Å². The summed E-state index contributed by atoms with van der Waals surface area (Å²) in [4.78, 5) is 1.79. The number of aryl methyl sites for hydroxylation is 2. The maximum absolute atomic E-state index is 9.36. The van der Waals surface area contributed by atoms with E-state index in [0.717, 1.165) is 18.5 Å². The van der Waals surface area contributed by atoms with Gasteiger partial charge >= 0.3 is 0 Å². The maximum atomic E-state index is 9.36. The van der Waals surface area contributed by atoms with Crippen molar-refractivity contribution in [1.82, 2.24) is 0 Å². The average molecular weight is 234 g/mol. The number of nitrogens with zero attached hydrogens (tertiary/aromatic N) is 2. The summed E-state index contributed by atoms with van der Waals surface area (Å²) in [6.45, 7) is 0.670. The van der Waals surface area contributed by atoms with Gasteiger partial charge in [-0.25, -0.2) is 0 Å². The van der Waals surface area contributed by atoms with E-state index in [-0.39, 0.29) is 0 Å². The van der Waals surface area contributed by atoms with Crippen molar-refractivity contribution in [2.24, 2.45) is 0 Å². The molecule has 0 saturated heterocycles. The zero-order valence-electron chi connectivity index (χ0n) is 10.1. The quantitative estimate of drug-likeness (QED) is 0.654. The summed E-state index contributed by atoms with van der Waals surface area (Å²) in [5.74, 6) is 0. The zero-order valence-corrected chi connectivity index (χ0v) is 10.1. The Labute approximate surface area is 107 Å². The Morgan fingerprint density at radius 2 is 1.44 bits per heavy atom. The van der Waals surface area contributed by atoms with Crippen molar-refractivity contribution in [3.63, 3.8) is 0 Å². The van der Waals surface area contributed by atoms with E-state index in [2.05, 4.69) is 30.5 Å². The smallest absolute Gasteiger partial charge is 0.184 e. The predicted octanol–water partition coefficient (Wildman–Crippen LogP) is 3.27. The molecule has 0 radical (unpaired) electrons. The number of rotatable bonds is 0. The number of fused-ring (bicyclic) bond motifs is 2. The maximum Gasteiger partial charge on any atom is 0.184 e. The molecule has 18 heavy (non-hydrogen) atoms. The van der Waals surface area contributed by atoms with Crippen LogP contribution in [0.15, 0.2) is 48.5 Å². The van der Waals surface area contributed by atoms with E-state index in [1.807, 2.05) is 24.3 Å². The molecule has 0 aliphatic carbocycles. The molecule has 0 unspecified atom stereocenters. The van der Waals surface area contributed by atoms with Crippen LogP contribution >= 0.6 is 0 Å². The van der Waals surface area contributed by atoms with E-state index in [0.29, 0.717) is 6.54 Å². The molecule has 2 aromatic rings. The van der Waals surface area contributed by atoms with Crippen LogP contribution in [-0.2, 0) is 19.4 Å². The highest BCUT2D eigenvalue weighted by Gasteiger charge is 2.16. The van der Waals surface area contributed by atoms with Crippen LogP contribution in [0.25, 0.3) is 0 Å². The monoisotopic (exact) mass is 234 g/mol. The molecule has 0 fully saturated rings. The summed E-state index contributed by atoms with van der Waals surface area (Å²) >= 11 is 0. The molecule has 0 bridgehead atoms.